The topological polar surface area (TPSA) is 52.7 Å². The van der Waals surface area contributed by atoms with Gasteiger partial charge in [0.25, 0.3) is 5.56 Å². The first-order chi connectivity index (χ1) is 15.9. The Bertz CT molecular complexity index is 1540. The van der Waals surface area contributed by atoms with E-state index in [-0.39, 0.29) is 17.1 Å². The SMILES string of the molecule is Cc1cc(C)cc(-n2c(SCc3nc4ccccc4n3C(F)F)nc3ccccc3c2=O)c1. The number of fused-ring (bicyclic) bond motifs is 2. The van der Waals surface area contributed by atoms with Crippen LogP contribution < -0.4 is 5.56 Å². The predicted molar refractivity (Wildman–Crippen MR) is 127 cm³/mol. The zero-order valence-corrected chi connectivity index (χ0v) is 18.8. The molecule has 5 nitrogen and oxygen atoms in total. The van der Waals surface area contributed by atoms with Gasteiger partial charge in [-0.2, -0.15) is 8.78 Å². The minimum atomic E-state index is -2.72. The summed E-state index contributed by atoms with van der Waals surface area (Å²) in [4.78, 5) is 22.6. The fourth-order valence-electron chi connectivity index (χ4n) is 4.06. The molecule has 0 aliphatic carbocycles. The predicted octanol–water partition coefficient (Wildman–Crippen LogP) is 6.04. The minimum Gasteiger partial charge on any atom is -0.269 e. The lowest BCUT2D eigenvalue weighted by atomic mass is 10.1. The molecule has 0 aliphatic rings. The second kappa shape index (κ2) is 8.44. The first-order valence-corrected chi connectivity index (χ1v) is 11.4. The average molecular weight is 463 g/mol. The first-order valence-electron chi connectivity index (χ1n) is 10.4. The highest BCUT2D eigenvalue weighted by atomic mass is 32.2. The molecule has 0 bridgehead atoms. The largest absolute Gasteiger partial charge is 0.320 e. The van der Waals surface area contributed by atoms with Gasteiger partial charge in [-0.25, -0.2) is 9.97 Å². The molecule has 0 N–H and O–H groups in total. The number of thioether (sulfide) groups is 1. The Labute approximate surface area is 192 Å². The highest BCUT2D eigenvalue weighted by Gasteiger charge is 2.20. The number of nitrogens with zero attached hydrogens (tertiary/aromatic N) is 4. The van der Waals surface area contributed by atoms with E-state index in [1.807, 2.05) is 38.1 Å². The molecular weight excluding hydrogens is 442 g/mol. The van der Waals surface area contributed by atoms with E-state index in [0.717, 1.165) is 15.7 Å². The summed E-state index contributed by atoms with van der Waals surface area (Å²) in [6.45, 7) is 1.21. The fraction of sp³-hybridized carbons (Fsp3) is 0.160. The van der Waals surface area contributed by atoms with Crippen LogP contribution in [0.1, 0.15) is 23.5 Å². The molecule has 0 fully saturated rings. The molecule has 5 rings (SSSR count). The second-order valence-corrected chi connectivity index (χ2v) is 8.79. The molecule has 0 saturated heterocycles. The van der Waals surface area contributed by atoms with Gasteiger partial charge < -0.3 is 0 Å². The Morgan fingerprint density at radius 1 is 0.909 bits per heavy atom. The lowest BCUT2D eigenvalue weighted by Crippen LogP contribution is -2.22. The van der Waals surface area contributed by atoms with E-state index < -0.39 is 6.55 Å². The highest BCUT2D eigenvalue weighted by molar-refractivity contribution is 7.98. The zero-order valence-electron chi connectivity index (χ0n) is 18.0. The van der Waals surface area contributed by atoms with Crippen LogP contribution in [0.4, 0.5) is 8.78 Å². The molecule has 2 heterocycles. The van der Waals surface area contributed by atoms with Crippen molar-refractivity contribution in [2.45, 2.75) is 31.3 Å². The van der Waals surface area contributed by atoms with Crippen LogP contribution in [0.15, 0.2) is 76.7 Å². The molecule has 0 amide bonds. The molecule has 3 aromatic carbocycles. The van der Waals surface area contributed by atoms with E-state index in [0.29, 0.717) is 32.8 Å². The summed E-state index contributed by atoms with van der Waals surface area (Å²) in [5.74, 6) is 0.361. The maximum atomic E-state index is 13.9. The molecule has 33 heavy (non-hydrogen) atoms. The first kappa shape index (κ1) is 21.3. The number of halogens is 2. The third-order valence-electron chi connectivity index (χ3n) is 5.40. The Kier molecular flexibility index (Phi) is 5.46. The summed E-state index contributed by atoms with van der Waals surface area (Å²) in [7, 11) is 0. The van der Waals surface area contributed by atoms with Crippen LogP contribution in [-0.2, 0) is 5.75 Å². The van der Waals surface area contributed by atoms with Gasteiger partial charge in [-0.3, -0.25) is 13.9 Å². The third-order valence-corrected chi connectivity index (χ3v) is 6.34. The quantitative estimate of drug-likeness (QED) is 0.236. The van der Waals surface area contributed by atoms with Crippen LogP contribution in [0.5, 0.6) is 0 Å². The van der Waals surface area contributed by atoms with Gasteiger partial charge in [0.1, 0.15) is 5.82 Å². The molecule has 0 unspecified atom stereocenters. The molecule has 0 atom stereocenters. The van der Waals surface area contributed by atoms with Gasteiger partial charge in [0, 0.05) is 0 Å². The molecule has 166 valence electrons. The normalized spacial score (nSPS) is 11.7. The summed E-state index contributed by atoms with van der Waals surface area (Å²) < 4.78 is 30.2. The van der Waals surface area contributed by atoms with Crippen molar-refractivity contribution < 1.29 is 8.78 Å². The van der Waals surface area contributed by atoms with Crippen molar-refractivity contribution in [2.24, 2.45) is 0 Å². The van der Waals surface area contributed by atoms with Crippen LogP contribution in [0, 0.1) is 13.8 Å². The van der Waals surface area contributed by atoms with Crippen molar-refractivity contribution in [1.29, 1.82) is 0 Å². The average Bonchev–Trinajstić information content (AvgIpc) is 3.16. The van der Waals surface area contributed by atoms with Crippen molar-refractivity contribution >= 4 is 33.7 Å². The number of alkyl halides is 2. The van der Waals surface area contributed by atoms with E-state index in [2.05, 4.69) is 4.98 Å². The molecule has 0 saturated carbocycles. The molecule has 2 aromatic heterocycles. The smallest absolute Gasteiger partial charge is 0.269 e. The summed E-state index contributed by atoms with van der Waals surface area (Å²) in [5.41, 5.74) is 3.97. The van der Waals surface area contributed by atoms with Crippen molar-refractivity contribution in [3.05, 3.63) is 94.0 Å². The molecule has 0 aliphatic heterocycles. The number of para-hydroxylation sites is 3. The van der Waals surface area contributed by atoms with E-state index in [1.165, 1.54) is 11.8 Å². The van der Waals surface area contributed by atoms with E-state index in [1.54, 1.807) is 47.0 Å². The zero-order chi connectivity index (χ0) is 23.1. The van der Waals surface area contributed by atoms with Crippen molar-refractivity contribution in [3.63, 3.8) is 0 Å². The molecular formula is C25H20F2N4OS. The number of hydrogen-bond donors (Lipinski definition) is 0. The Balaban J connectivity index is 1.65. The van der Waals surface area contributed by atoms with Crippen LogP contribution in [0.25, 0.3) is 27.6 Å². The molecule has 0 radical (unpaired) electrons. The van der Waals surface area contributed by atoms with Crippen LogP contribution >= 0.6 is 11.8 Å². The Hall–Kier alpha value is -3.52. The number of rotatable bonds is 5. The fourth-order valence-corrected chi connectivity index (χ4v) is 5.00. The Morgan fingerprint density at radius 3 is 2.30 bits per heavy atom. The van der Waals surface area contributed by atoms with E-state index >= 15 is 0 Å². The number of aromatic nitrogens is 4. The van der Waals surface area contributed by atoms with Gasteiger partial charge >= 0.3 is 6.55 Å². The summed E-state index contributed by atoms with van der Waals surface area (Å²) in [5, 5.41) is 0.928. The lowest BCUT2D eigenvalue weighted by Gasteiger charge is -2.15. The van der Waals surface area contributed by atoms with E-state index in [9.17, 15) is 13.6 Å². The number of imidazole rings is 1. The maximum Gasteiger partial charge on any atom is 0.320 e. The van der Waals surface area contributed by atoms with Crippen molar-refractivity contribution in [2.75, 3.05) is 0 Å². The molecule has 5 aromatic rings. The number of hydrogen-bond acceptors (Lipinski definition) is 4. The monoisotopic (exact) mass is 462 g/mol. The maximum absolute atomic E-state index is 13.9. The van der Waals surface area contributed by atoms with Crippen LogP contribution in [0.2, 0.25) is 0 Å². The van der Waals surface area contributed by atoms with Crippen molar-refractivity contribution in [3.8, 4) is 5.69 Å². The summed E-state index contributed by atoms with van der Waals surface area (Å²) >= 11 is 1.22. The third kappa shape index (κ3) is 3.91. The van der Waals surface area contributed by atoms with Gasteiger partial charge in [0.05, 0.1) is 33.4 Å². The minimum absolute atomic E-state index is 0.134. The molecule has 0 spiro atoms. The van der Waals surface area contributed by atoms with Crippen LogP contribution in [0.3, 0.4) is 0 Å². The number of aryl methyl sites for hydroxylation is 2. The summed E-state index contributed by atoms with van der Waals surface area (Å²) in [6.07, 6.45) is 0. The van der Waals surface area contributed by atoms with Gasteiger partial charge in [0.15, 0.2) is 5.16 Å². The van der Waals surface area contributed by atoms with E-state index in [4.69, 9.17) is 4.98 Å². The van der Waals surface area contributed by atoms with Gasteiger partial charge in [-0.15, -0.1) is 0 Å². The highest BCUT2D eigenvalue weighted by Crippen LogP contribution is 2.29. The van der Waals surface area contributed by atoms with Crippen molar-refractivity contribution in [1.82, 2.24) is 19.1 Å². The Morgan fingerprint density at radius 2 is 1.58 bits per heavy atom. The second-order valence-electron chi connectivity index (χ2n) is 7.85. The van der Waals surface area contributed by atoms with Gasteiger partial charge in [0.2, 0.25) is 0 Å². The molecule has 8 heteroatoms. The van der Waals surface area contributed by atoms with Gasteiger partial charge in [-0.05, 0) is 61.4 Å². The van der Waals surface area contributed by atoms with Crippen LogP contribution in [-0.4, -0.2) is 19.1 Å². The summed E-state index contributed by atoms with van der Waals surface area (Å²) in [6, 6.07) is 19.8. The standard InChI is InChI=1S/C25H20F2N4OS/c1-15-11-16(2)13-17(12-15)30-23(32)18-7-3-4-8-19(18)29-25(30)33-14-22-28-20-9-5-6-10-21(20)31(22)24(26)27/h3-13,24H,14H2,1-2H3. The van der Waals surface area contributed by atoms with Gasteiger partial charge in [-0.1, -0.05) is 42.1 Å². The number of benzene rings is 3. The lowest BCUT2D eigenvalue weighted by molar-refractivity contribution is 0.0722.